The number of halogens is 3. The second-order valence-corrected chi connectivity index (χ2v) is 5.17. The van der Waals surface area contributed by atoms with Gasteiger partial charge < -0.3 is 10.3 Å². The summed E-state index contributed by atoms with van der Waals surface area (Å²) in [4.78, 5) is 8.59. The van der Waals surface area contributed by atoms with E-state index in [1.165, 1.54) is 0 Å². The van der Waals surface area contributed by atoms with E-state index in [9.17, 15) is 13.2 Å². The lowest BCUT2D eigenvalue weighted by molar-refractivity contribution is 0.432. The molecule has 5 nitrogen and oxygen atoms in total. The molecule has 0 amide bonds. The highest BCUT2D eigenvalue weighted by molar-refractivity contribution is 7.18. The van der Waals surface area contributed by atoms with Crippen LogP contribution in [-0.2, 0) is 0 Å². The molecule has 0 radical (unpaired) electrons. The van der Waals surface area contributed by atoms with Gasteiger partial charge in [-0.1, -0.05) is 16.5 Å². The number of rotatable bonds is 2. The standard InChI is InChI=1S/C12H7F3N4OS/c1-4-9(21-12(16)17-4)11-18-10(19-20-11)5-2-6(13)8(15)7(14)3-5/h2-3H,1H3,(H2,16,17). The molecule has 0 bridgehead atoms. The summed E-state index contributed by atoms with van der Waals surface area (Å²) in [5, 5.41) is 3.96. The van der Waals surface area contributed by atoms with Gasteiger partial charge in [0.15, 0.2) is 22.6 Å². The molecule has 0 unspecified atom stereocenters. The number of thiazole rings is 1. The zero-order valence-corrected chi connectivity index (χ0v) is 11.3. The van der Waals surface area contributed by atoms with Gasteiger partial charge in [0, 0.05) is 5.56 Å². The van der Waals surface area contributed by atoms with Crippen molar-refractivity contribution in [2.45, 2.75) is 6.92 Å². The fraction of sp³-hybridized carbons (Fsp3) is 0.0833. The van der Waals surface area contributed by atoms with Crippen LogP contribution in [0.2, 0.25) is 0 Å². The number of nitrogens with two attached hydrogens (primary N) is 1. The van der Waals surface area contributed by atoms with E-state index in [1.54, 1.807) is 6.92 Å². The Morgan fingerprint density at radius 2 is 1.81 bits per heavy atom. The van der Waals surface area contributed by atoms with Crippen LogP contribution in [0.4, 0.5) is 18.3 Å². The predicted molar refractivity (Wildman–Crippen MR) is 69.9 cm³/mol. The van der Waals surface area contributed by atoms with Gasteiger partial charge in [0.25, 0.3) is 5.89 Å². The van der Waals surface area contributed by atoms with E-state index in [0.717, 1.165) is 23.5 Å². The second kappa shape index (κ2) is 4.85. The second-order valence-electron chi connectivity index (χ2n) is 4.14. The Morgan fingerprint density at radius 1 is 1.14 bits per heavy atom. The Hall–Kier alpha value is -2.42. The number of aromatic nitrogens is 3. The van der Waals surface area contributed by atoms with E-state index in [4.69, 9.17) is 10.3 Å². The molecule has 3 rings (SSSR count). The van der Waals surface area contributed by atoms with E-state index >= 15 is 0 Å². The molecule has 2 heterocycles. The van der Waals surface area contributed by atoms with E-state index in [0.29, 0.717) is 15.7 Å². The van der Waals surface area contributed by atoms with E-state index < -0.39 is 17.5 Å². The molecular formula is C12H7F3N4OS. The summed E-state index contributed by atoms with van der Waals surface area (Å²) < 4.78 is 44.3. The number of hydrogen-bond donors (Lipinski definition) is 1. The van der Waals surface area contributed by atoms with Crippen LogP contribution in [-0.4, -0.2) is 15.1 Å². The first-order chi connectivity index (χ1) is 9.95. The van der Waals surface area contributed by atoms with Crippen molar-refractivity contribution < 1.29 is 17.7 Å². The molecular weight excluding hydrogens is 305 g/mol. The molecule has 0 fully saturated rings. The maximum Gasteiger partial charge on any atom is 0.270 e. The van der Waals surface area contributed by atoms with Crippen LogP contribution >= 0.6 is 11.3 Å². The molecule has 2 aromatic heterocycles. The van der Waals surface area contributed by atoms with Gasteiger partial charge in [0.2, 0.25) is 5.82 Å². The van der Waals surface area contributed by atoms with Crippen molar-refractivity contribution in [2.24, 2.45) is 0 Å². The molecule has 0 saturated carbocycles. The zero-order valence-electron chi connectivity index (χ0n) is 10.5. The number of nitrogen functional groups attached to an aromatic ring is 1. The summed E-state index contributed by atoms with van der Waals surface area (Å²) in [5.41, 5.74) is 6.14. The van der Waals surface area contributed by atoms with Crippen LogP contribution in [0.25, 0.3) is 22.2 Å². The van der Waals surface area contributed by atoms with Crippen molar-refractivity contribution in [3.05, 3.63) is 35.3 Å². The van der Waals surface area contributed by atoms with Gasteiger partial charge in [-0.15, -0.1) is 0 Å². The smallest absolute Gasteiger partial charge is 0.270 e. The first-order valence-corrected chi connectivity index (χ1v) is 6.49. The minimum Gasteiger partial charge on any atom is -0.375 e. The maximum absolute atomic E-state index is 13.2. The molecule has 21 heavy (non-hydrogen) atoms. The Labute approximate surface area is 120 Å². The Kier molecular flexibility index (Phi) is 3.13. The van der Waals surface area contributed by atoms with Gasteiger partial charge in [-0.25, -0.2) is 18.2 Å². The average Bonchev–Trinajstić information content (AvgIpc) is 3.02. The summed E-state index contributed by atoms with van der Waals surface area (Å²) in [7, 11) is 0. The van der Waals surface area contributed by atoms with Gasteiger partial charge in [0.1, 0.15) is 4.88 Å². The van der Waals surface area contributed by atoms with E-state index in [1.807, 2.05) is 0 Å². The lowest BCUT2D eigenvalue weighted by Gasteiger charge is -1.98. The molecule has 1 aromatic carbocycles. The zero-order chi connectivity index (χ0) is 15.1. The van der Waals surface area contributed by atoms with Crippen molar-refractivity contribution in [1.29, 1.82) is 0 Å². The third kappa shape index (κ3) is 2.35. The lowest BCUT2D eigenvalue weighted by Crippen LogP contribution is -1.92. The predicted octanol–water partition coefficient (Wildman–Crippen LogP) is 3.17. The third-order valence-electron chi connectivity index (χ3n) is 2.68. The molecule has 108 valence electrons. The fourth-order valence-electron chi connectivity index (χ4n) is 1.73. The third-order valence-corrected chi connectivity index (χ3v) is 3.65. The molecule has 0 saturated heterocycles. The topological polar surface area (TPSA) is 77.8 Å². The maximum atomic E-state index is 13.2. The molecule has 0 spiro atoms. The highest BCUT2D eigenvalue weighted by Gasteiger charge is 2.18. The summed E-state index contributed by atoms with van der Waals surface area (Å²) in [5.74, 6) is -4.13. The monoisotopic (exact) mass is 312 g/mol. The molecule has 0 atom stereocenters. The quantitative estimate of drug-likeness (QED) is 0.735. The van der Waals surface area contributed by atoms with Crippen LogP contribution < -0.4 is 5.73 Å². The van der Waals surface area contributed by atoms with Gasteiger partial charge in [-0.2, -0.15) is 4.98 Å². The van der Waals surface area contributed by atoms with Gasteiger partial charge in [-0.05, 0) is 19.1 Å². The lowest BCUT2D eigenvalue weighted by atomic mass is 10.2. The van der Waals surface area contributed by atoms with Crippen molar-refractivity contribution in [1.82, 2.24) is 15.1 Å². The molecule has 2 N–H and O–H groups in total. The molecule has 0 aliphatic carbocycles. The van der Waals surface area contributed by atoms with Crippen molar-refractivity contribution >= 4 is 16.5 Å². The Morgan fingerprint density at radius 3 is 2.38 bits per heavy atom. The van der Waals surface area contributed by atoms with Gasteiger partial charge in [0.05, 0.1) is 5.69 Å². The number of aryl methyl sites for hydroxylation is 1. The highest BCUT2D eigenvalue weighted by Crippen LogP contribution is 2.31. The normalized spacial score (nSPS) is 11.0. The van der Waals surface area contributed by atoms with Crippen LogP contribution in [0.3, 0.4) is 0 Å². The van der Waals surface area contributed by atoms with E-state index in [2.05, 4.69) is 15.1 Å². The van der Waals surface area contributed by atoms with Crippen LogP contribution in [0.1, 0.15) is 5.69 Å². The van der Waals surface area contributed by atoms with Crippen molar-refractivity contribution in [3.63, 3.8) is 0 Å². The highest BCUT2D eigenvalue weighted by atomic mass is 32.1. The molecule has 3 aromatic rings. The van der Waals surface area contributed by atoms with Gasteiger partial charge in [-0.3, -0.25) is 0 Å². The van der Waals surface area contributed by atoms with E-state index in [-0.39, 0.29) is 17.3 Å². The average molecular weight is 312 g/mol. The number of benzene rings is 1. The van der Waals surface area contributed by atoms with Crippen LogP contribution in [0.15, 0.2) is 16.7 Å². The Bertz CT molecular complexity index is 807. The largest absolute Gasteiger partial charge is 0.375 e. The Balaban J connectivity index is 2.04. The minimum absolute atomic E-state index is 0.0310. The van der Waals surface area contributed by atoms with Crippen molar-refractivity contribution in [2.75, 3.05) is 5.73 Å². The summed E-state index contributed by atoms with van der Waals surface area (Å²) in [6, 6.07) is 1.59. The van der Waals surface area contributed by atoms with Crippen molar-refractivity contribution in [3.8, 4) is 22.2 Å². The van der Waals surface area contributed by atoms with Crippen LogP contribution in [0, 0.1) is 24.4 Å². The van der Waals surface area contributed by atoms with Gasteiger partial charge >= 0.3 is 0 Å². The van der Waals surface area contributed by atoms with Crippen LogP contribution in [0.5, 0.6) is 0 Å². The number of hydrogen-bond acceptors (Lipinski definition) is 6. The summed E-state index contributed by atoms with van der Waals surface area (Å²) in [6.45, 7) is 1.71. The fourth-order valence-corrected chi connectivity index (χ4v) is 2.49. The summed E-state index contributed by atoms with van der Waals surface area (Å²) in [6.07, 6.45) is 0. The molecule has 9 heteroatoms. The minimum atomic E-state index is -1.55. The first kappa shape index (κ1) is 13.6. The summed E-state index contributed by atoms with van der Waals surface area (Å²) >= 11 is 1.15. The number of anilines is 1. The first-order valence-electron chi connectivity index (χ1n) is 5.67. The molecule has 0 aliphatic rings. The SMILES string of the molecule is Cc1nc(N)sc1-c1nc(-c2cc(F)c(F)c(F)c2)no1. The number of nitrogens with zero attached hydrogens (tertiary/aromatic N) is 3. The molecule has 0 aliphatic heterocycles.